The van der Waals surface area contributed by atoms with Gasteiger partial charge in [0.1, 0.15) is 12.4 Å². The predicted octanol–water partition coefficient (Wildman–Crippen LogP) is 9.04. The highest BCUT2D eigenvalue weighted by Crippen LogP contribution is 2.34. The maximum atomic E-state index is 13.9. The van der Waals surface area contributed by atoms with Gasteiger partial charge in [-0.05, 0) is 105 Å². The Kier molecular flexibility index (Phi) is 7.53. The lowest BCUT2D eigenvalue weighted by atomic mass is 9.94. The van der Waals surface area contributed by atoms with Gasteiger partial charge in [0.15, 0.2) is 0 Å². The second kappa shape index (κ2) is 11.0. The van der Waals surface area contributed by atoms with Gasteiger partial charge in [0.2, 0.25) is 0 Å². The van der Waals surface area contributed by atoms with Gasteiger partial charge in [0, 0.05) is 21.1 Å². The van der Waals surface area contributed by atoms with E-state index in [1.54, 1.807) is 0 Å². The monoisotopic (exact) mass is 578 g/mol. The van der Waals surface area contributed by atoms with E-state index in [0.717, 1.165) is 71.5 Å². The summed E-state index contributed by atoms with van der Waals surface area (Å²) >= 11 is 3.58. The minimum absolute atomic E-state index is 0.140. The van der Waals surface area contributed by atoms with Gasteiger partial charge in [-0.2, -0.15) is 0 Å². The van der Waals surface area contributed by atoms with Gasteiger partial charge in [-0.25, -0.2) is 4.98 Å². The van der Waals surface area contributed by atoms with Crippen LogP contribution >= 0.6 is 15.9 Å². The van der Waals surface area contributed by atoms with Crippen molar-refractivity contribution in [2.75, 3.05) is 5.32 Å². The van der Waals surface area contributed by atoms with Gasteiger partial charge in [-0.15, -0.1) is 0 Å². The Morgan fingerprint density at radius 3 is 2.28 bits per heavy atom. The molecule has 1 heterocycles. The molecule has 39 heavy (non-hydrogen) atoms. The number of carbonyl (C=O) groups excluding carboxylic acids is 1. The van der Waals surface area contributed by atoms with Crippen LogP contribution in [0.25, 0.3) is 22.2 Å². The summed E-state index contributed by atoms with van der Waals surface area (Å²) in [6.45, 7) is 10.6. The Hall–Kier alpha value is -3.96. The SMILES string of the molecule is Cc1cc(C)c2nc(-c3ccc(OCc4ccccc4)cc3)c(C)c(C(=O)Nc3cc(C)c(Br)cc3C)c2c1. The molecule has 4 nitrogen and oxygen atoms in total. The molecule has 1 N–H and O–H groups in total. The summed E-state index contributed by atoms with van der Waals surface area (Å²) in [4.78, 5) is 19.0. The van der Waals surface area contributed by atoms with Crippen LogP contribution in [0.1, 0.15) is 43.7 Å². The molecular formula is C34H31BrN2O2. The summed E-state index contributed by atoms with van der Waals surface area (Å²) < 4.78 is 7.01. The summed E-state index contributed by atoms with van der Waals surface area (Å²) in [6, 6.07) is 26.2. The first kappa shape index (κ1) is 26.6. The lowest BCUT2D eigenvalue weighted by molar-refractivity contribution is 0.102. The van der Waals surface area contributed by atoms with Crippen molar-refractivity contribution in [1.82, 2.24) is 4.98 Å². The average Bonchev–Trinajstić information content (AvgIpc) is 2.91. The highest BCUT2D eigenvalue weighted by Gasteiger charge is 2.21. The molecule has 0 fully saturated rings. The van der Waals surface area contributed by atoms with Crippen LogP contribution in [0.4, 0.5) is 5.69 Å². The fourth-order valence-electron chi connectivity index (χ4n) is 4.94. The Morgan fingerprint density at radius 1 is 0.846 bits per heavy atom. The van der Waals surface area contributed by atoms with E-state index in [0.29, 0.717) is 12.2 Å². The number of fused-ring (bicyclic) bond motifs is 1. The lowest BCUT2D eigenvalue weighted by Crippen LogP contribution is -2.16. The molecule has 0 aliphatic heterocycles. The third-order valence-electron chi connectivity index (χ3n) is 7.02. The van der Waals surface area contributed by atoms with E-state index in [9.17, 15) is 4.79 Å². The van der Waals surface area contributed by atoms with Crippen molar-refractivity contribution in [2.45, 2.75) is 41.2 Å². The zero-order chi connectivity index (χ0) is 27.7. The van der Waals surface area contributed by atoms with Gasteiger partial charge in [-0.1, -0.05) is 57.9 Å². The summed E-state index contributed by atoms with van der Waals surface area (Å²) in [7, 11) is 0. The van der Waals surface area contributed by atoms with Gasteiger partial charge in [0.05, 0.1) is 16.8 Å². The fraction of sp³-hybridized carbons (Fsp3) is 0.176. The van der Waals surface area contributed by atoms with E-state index in [-0.39, 0.29) is 5.91 Å². The highest BCUT2D eigenvalue weighted by atomic mass is 79.9. The van der Waals surface area contributed by atoms with Crippen LogP contribution in [0.15, 0.2) is 83.3 Å². The Balaban J connectivity index is 1.55. The molecule has 5 rings (SSSR count). The minimum atomic E-state index is -0.140. The van der Waals surface area contributed by atoms with Gasteiger partial charge >= 0.3 is 0 Å². The van der Waals surface area contributed by atoms with Crippen molar-refractivity contribution in [2.24, 2.45) is 0 Å². The van der Waals surface area contributed by atoms with Crippen LogP contribution in [0.3, 0.4) is 0 Å². The molecule has 0 aliphatic carbocycles. The minimum Gasteiger partial charge on any atom is -0.489 e. The molecule has 1 amide bonds. The quantitative estimate of drug-likeness (QED) is 0.218. The molecule has 0 saturated heterocycles. The predicted molar refractivity (Wildman–Crippen MR) is 164 cm³/mol. The van der Waals surface area contributed by atoms with Crippen molar-refractivity contribution < 1.29 is 9.53 Å². The fourth-order valence-corrected chi connectivity index (χ4v) is 5.40. The van der Waals surface area contributed by atoms with Crippen LogP contribution < -0.4 is 10.1 Å². The number of nitrogens with one attached hydrogen (secondary N) is 1. The van der Waals surface area contributed by atoms with E-state index in [1.807, 2.05) is 101 Å². The lowest BCUT2D eigenvalue weighted by Gasteiger charge is -2.18. The number of pyridine rings is 1. The Morgan fingerprint density at radius 2 is 1.56 bits per heavy atom. The number of aryl methyl sites for hydroxylation is 4. The molecule has 0 spiro atoms. The summed E-state index contributed by atoms with van der Waals surface area (Å²) in [5, 5.41) is 4.04. The molecule has 0 unspecified atom stereocenters. The topological polar surface area (TPSA) is 51.2 Å². The zero-order valence-electron chi connectivity index (χ0n) is 22.9. The molecule has 0 atom stereocenters. The number of halogens is 1. The second-order valence-corrected chi connectivity index (χ2v) is 11.0. The number of carbonyl (C=O) groups is 1. The van der Waals surface area contributed by atoms with Crippen molar-refractivity contribution in [1.29, 1.82) is 0 Å². The molecule has 0 aliphatic rings. The zero-order valence-corrected chi connectivity index (χ0v) is 24.4. The summed E-state index contributed by atoms with van der Waals surface area (Å²) in [6.07, 6.45) is 0. The first-order valence-electron chi connectivity index (χ1n) is 13.0. The maximum absolute atomic E-state index is 13.9. The largest absolute Gasteiger partial charge is 0.489 e. The van der Waals surface area contributed by atoms with Gasteiger partial charge in [-0.3, -0.25) is 4.79 Å². The third kappa shape index (κ3) is 5.59. The number of hydrogen-bond donors (Lipinski definition) is 1. The normalized spacial score (nSPS) is 11.0. The number of anilines is 1. The van der Waals surface area contributed by atoms with E-state index >= 15 is 0 Å². The summed E-state index contributed by atoms with van der Waals surface area (Å²) in [5.41, 5.74) is 10.2. The van der Waals surface area contributed by atoms with Gasteiger partial charge < -0.3 is 10.1 Å². The smallest absolute Gasteiger partial charge is 0.256 e. The van der Waals surface area contributed by atoms with Gasteiger partial charge in [0.25, 0.3) is 5.91 Å². The molecular weight excluding hydrogens is 548 g/mol. The number of amides is 1. The Labute approximate surface area is 238 Å². The second-order valence-electron chi connectivity index (χ2n) is 10.1. The van der Waals surface area contributed by atoms with Crippen molar-refractivity contribution in [3.63, 3.8) is 0 Å². The van der Waals surface area contributed by atoms with E-state index in [4.69, 9.17) is 9.72 Å². The van der Waals surface area contributed by atoms with Crippen molar-refractivity contribution in [3.05, 3.63) is 122 Å². The molecule has 0 radical (unpaired) electrons. The molecule has 0 saturated carbocycles. The van der Waals surface area contributed by atoms with Crippen LogP contribution in [-0.4, -0.2) is 10.9 Å². The number of benzene rings is 4. The molecule has 5 aromatic rings. The van der Waals surface area contributed by atoms with Crippen molar-refractivity contribution in [3.8, 4) is 17.0 Å². The number of ether oxygens (including phenoxy) is 1. The number of aromatic nitrogens is 1. The standard InChI is InChI=1S/C34H31BrN2O2/c1-20-15-23(4)32-28(16-20)31(34(38)36-30-18-21(2)29(35)17-22(30)3)24(5)33(37-32)26-11-13-27(14-12-26)39-19-25-9-7-6-8-10-25/h6-18H,19H2,1-5H3,(H,36,38). The summed E-state index contributed by atoms with van der Waals surface area (Å²) in [5.74, 6) is 0.644. The van der Waals surface area contributed by atoms with E-state index < -0.39 is 0 Å². The molecule has 1 aromatic heterocycles. The highest BCUT2D eigenvalue weighted by molar-refractivity contribution is 9.10. The maximum Gasteiger partial charge on any atom is 0.256 e. The molecule has 5 heteroatoms. The first-order valence-corrected chi connectivity index (χ1v) is 13.8. The Bertz CT molecular complexity index is 1690. The van der Waals surface area contributed by atoms with Crippen LogP contribution in [0.2, 0.25) is 0 Å². The molecule has 4 aromatic carbocycles. The average molecular weight is 580 g/mol. The molecule has 0 bridgehead atoms. The third-order valence-corrected chi connectivity index (χ3v) is 7.88. The van der Waals surface area contributed by atoms with Crippen LogP contribution in [0, 0.1) is 34.6 Å². The number of hydrogen-bond acceptors (Lipinski definition) is 3. The van der Waals surface area contributed by atoms with Crippen LogP contribution in [0.5, 0.6) is 5.75 Å². The van der Waals surface area contributed by atoms with Crippen LogP contribution in [-0.2, 0) is 6.61 Å². The first-order chi connectivity index (χ1) is 18.7. The van der Waals surface area contributed by atoms with E-state index in [1.165, 1.54) is 0 Å². The van der Waals surface area contributed by atoms with E-state index in [2.05, 4.69) is 33.4 Å². The number of nitrogens with zero attached hydrogens (tertiary/aromatic N) is 1. The molecule has 196 valence electrons. The number of rotatable bonds is 6. The van der Waals surface area contributed by atoms with Crippen molar-refractivity contribution >= 4 is 38.4 Å².